The van der Waals surface area contributed by atoms with Crippen molar-refractivity contribution in [1.29, 1.82) is 0 Å². The maximum absolute atomic E-state index is 12.3. The average molecular weight is 140 g/mol. The van der Waals surface area contributed by atoms with E-state index in [1.54, 1.807) is 25.1 Å². The zero-order chi connectivity index (χ0) is 7.56. The Morgan fingerprint density at radius 1 is 1.40 bits per heavy atom. The smallest absolute Gasteiger partial charge is 0.0901 e. The van der Waals surface area contributed by atoms with E-state index in [2.05, 4.69) is 0 Å². The predicted molar refractivity (Wildman–Crippen MR) is 39.0 cm³/mol. The largest absolute Gasteiger partial charge is 0.218 e. The summed E-state index contributed by atoms with van der Waals surface area (Å²) in [7, 11) is 0. The van der Waals surface area contributed by atoms with Crippen LogP contribution in [0.2, 0.25) is 0 Å². The summed E-state index contributed by atoms with van der Waals surface area (Å²) in [6, 6.07) is 6.99. The van der Waals surface area contributed by atoms with Crippen molar-refractivity contribution in [3.63, 3.8) is 0 Å². The Bertz CT molecular complexity index is 223. The Balaban J connectivity index is 3.03. The molecule has 0 saturated carbocycles. The molecule has 1 aromatic rings. The van der Waals surface area contributed by atoms with Gasteiger partial charge in [-0.2, -0.15) is 0 Å². The molecule has 0 saturated heterocycles. The maximum atomic E-state index is 12.3. The second-order valence-electron chi connectivity index (χ2n) is 2.10. The average Bonchev–Trinajstić information content (AvgIpc) is 1.88. The van der Waals surface area contributed by atoms with Crippen LogP contribution in [0, 0.1) is 6.92 Å². The van der Waals surface area contributed by atoms with Crippen LogP contribution in [0.1, 0.15) is 5.56 Å². The lowest BCUT2D eigenvalue weighted by Crippen LogP contribution is -2.20. The fraction of sp³-hybridized carbons (Fsp3) is 0.143. The van der Waals surface area contributed by atoms with E-state index in [0.717, 1.165) is 5.56 Å². The minimum Gasteiger partial charge on any atom is -0.218 e. The Labute approximate surface area is 59.0 Å². The van der Waals surface area contributed by atoms with Gasteiger partial charge in [0.1, 0.15) is 0 Å². The molecule has 10 heavy (non-hydrogen) atoms. The quantitative estimate of drug-likeness (QED) is 0.364. The summed E-state index contributed by atoms with van der Waals surface area (Å²) in [6.07, 6.45) is 0. The number of hydrogen-bond acceptors (Lipinski definition) is 2. The minimum atomic E-state index is 0.120. The molecular formula is C7H9FN2. The highest BCUT2D eigenvalue weighted by Crippen LogP contribution is 2.15. The summed E-state index contributed by atoms with van der Waals surface area (Å²) in [5.74, 6) is 4.88. The van der Waals surface area contributed by atoms with Crippen molar-refractivity contribution < 1.29 is 4.48 Å². The van der Waals surface area contributed by atoms with Crippen molar-refractivity contribution in [2.45, 2.75) is 6.92 Å². The third-order valence-corrected chi connectivity index (χ3v) is 1.35. The molecule has 54 valence electrons. The number of anilines is 1. The second-order valence-corrected chi connectivity index (χ2v) is 2.10. The highest BCUT2D eigenvalue weighted by atomic mass is 19.2. The van der Waals surface area contributed by atoms with E-state index in [1.807, 2.05) is 6.07 Å². The number of hydrogen-bond donors (Lipinski definition) is 1. The second kappa shape index (κ2) is 2.66. The van der Waals surface area contributed by atoms with E-state index in [1.165, 1.54) is 0 Å². The molecule has 0 fully saturated rings. The maximum Gasteiger partial charge on any atom is 0.0901 e. The number of nitrogens with zero attached hydrogens (tertiary/aromatic N) is 1. The highest BCUT2D eigenvalue weighted by Gasteiger charge is 2.00. The van der Waals surface area contributed by atoms with Gasteiger partial charge in [-0.15, -0.1) is 5.23 Å². The number of nitrogens with two attached hydrogens (primary N) is 1. The molecule has 0 aliphatic carbocycles. The van der Waals surface area contributed by atoms with Crippen LogP contribution in [0.25, 0.3) is 0 Å². The molecule has 1 aromatic carbocycles. The van der Waals surface area contributed by atoms with Gasteiger partial charge in [0, 0.05) is 0 Å². The van der Waals surface area contributed by atoms with Crippen LogP contribution in [0.3, 0.4) is 0 Å². The summed E-state index contributed by atoms with van der Waals surface area (Å²) < 4.78 is 12.3. The van der Waals surface area contributed by atoms with Crippen LogP contribution in [0.5, 0.6) is 0 Å². The molecule has 1 rings (SSSR count). The van der Waals surface area contributed by atoms with E-state index in [-0.39, 0.29) is 5.23 Å². The van der Waals surface area contributed by atoms with E-state index >= 15 is 0 Å². The number of halogens is 1. The van der Waals surface area contributed by atoms with Crippen LogP contribution < -0.4 is 11.1 Å². The number of aryl methyl sites for hydroxylation is 1. The Morgan fingerprint density at radius 2 is 2.00 bits per heavy atom. The summed E-state index contributed by atoms with van der Waals surface area (Å²) in [6.45, 7) is 1.80. The Morgan fingerprint density at radius 3 is 2.40 bits per heavy atom. The molecule has 2 N–H and O–H groups in total. The number of para-hydroxylation sites is 1. The Kier molecular flexibility index (Phi) is 1.87. The zero-order valence-corrected chi connectivity index (χ0v) is 5.71. The van der Waals surface area contributed by atoms with Gasteiger partial charge < -0.3 is 0 Å². The number of benzene rings is 1. The molecular weight excluding hydrogens is 131 g/mol. The van der Waals surface area contributed by atoms with Crippen LogP contribution >= 0.6 is 0 Å². The normalized spacial score (nSPS) is 9.50. The van der Waals surface area contributed by atoms with Gasteiger partial charge in [0.15, 0.2) is 0 Å². The van der Waals surface area contributed by atoms with Crippen molar-refractivity contribution in [2.24, 2.45) is 5.84 Å². The summed E-state index contributed by atoms with van der Waals surface area (Å²) in [5.41, 5.74) is 1.23. The third kappa shape index (κ3) is 1.25. The van der Waals surface area contributed by atoms with Gasteiger partial charge >= 0.3 is 0 Å². The first-order valence-corrected chi connectivity index (χ1v) is 2.98. The molecule has 2 nitrogen and oxygen atoms in total. The molecule has 0 radical (unpaired) electrons. The van der Waals surface area contributed by atoms with Gasteiger partial charge in [-0.3, -0.25) is 0 Å². The molecule has 0 atom stereocenters. The fourth-order valence-electron chi connectivity index (χ4n) is 0.803. The minimum absolute atomic E-state index is 0.120. The fourth-order valence-corrected chi connectivity index (χ4v) is 0.803. The number of hydrazine groups is 1. The molecule has 0 bridgehead atoms. The summed E-state index contributed by atoms with van der Waals surface area (Å²) in [5, 5.41) is 0.120. The van der Waals surface area contributed by atoms with Gasteiger partial charge in [-0.05, 0) is 18.6 Å². The first-order valence-electron chi connectivity index (χ1n) is 2.98. The zero-order valence-electron chi connectivity index (χ0n) is 5.71. The van der Waals surface area contributed by atoms with Gasteiger partial charge in [0.05, 0.1) is 5.69 Å². The summed E-state index contributed by atoms with van der Waals surface area (Å²) >= 11 is 0. The van der Waals surface area contributed by atoms with E-state index in [0.29, 0.717) is 5.69 Å². The van der Waals surface area contributed by atoms with Crippen LogP contribution in [-0.2, 0) is 0 Å². The Hall–Kier alpha value is -1.09. The molecule has 0 spiro atoms. The third-order valence-electron chi connectivity index (χ3n) is 1.35. The topological polar surface area (TPSA) is 29.3 Å². The number of rotatable bonds is 1. The molecule has 0 aliphatic rings. The lowest BCUT2D eigenvalue weighted by atomic mass is 10.2. The van der Waals surface area contributed by atoms with E-state index in [4.69, 9.17) is 5.84 Å². The predicted octanol–water partition coefficient (Wildman–Crippen LogP) is 1.56. The molecule has 0 amide bonds. The van der Waals surface area contributed by atoms with Crippen molar-refractivity contribution in [3.05, 3.63) is 29.8 Å². The summed E-state index contributed by atoms with van der Waals surface area (Å²) in [4.78, 5) is 0. The van der Waals surface area contributed by atoms with Gasteiger partial charge in [0.25, 0.3) is 0 Å². The molecule has 3 heteroatoms. The first-order chi connectivity index (χ1) is 4.72. The van der Waals surface area contributed by atoms with Crippen LogP contribution in [0.15, 0.2) is 24.3 Å². The van der Waals surface area contributed by atoms with E-state index in [9.17, 15) is 4.48 Å². The molecule has 0 aromatic heterocycles. The van der Waals surface area contributed by atoms with Crippen molar-refractivity contribution in [1.82, 2.24) is 0 Å². The SMILES string of the molecule is Cc1ccccc1N(N)F. The lowest BCUT2D eigenvalue weighted by Gasteiger charge is -2.08. The molecule has 0 aliphatic heterocycles. The van der Waals surface area contributed by atoms with Crippen molar-refractivity contribution >= 4 is 5.69 Å². The molecule has 0 heterocycles. The van der Waals surface area contributed by atoms with Gasteiger partial charge in [-0.25, -0.2) is 5.84 Å². The monoisotopic (exact) mass is 140 g/mol. The van der Waals surface area contributed by atoms with Gasteiger partial charge in [-0.1, -0.05) is 22.7 Å². The van der Waals surface area contributed by atoms with Crippen LogP contribution in [-0.4, -0.2) is 0 Å². The van der Waals surface area contributed by atoms with Crippen molar-refractivity contribution in [3.8, 4) is 0 Å². The van der Waals surface area contributed by atoms with Crippen molar-refractivity contribution in [2.75, 3.05) is 5.23 Å². The van der Waals surface area contributed by atoms with Gasteiger partial charge in [0.2, 0.25) is 0 Å². The standard InChI is InChI=1S/C7H9FN2/c1-6-4-2-3-5-7(6)10(8)9/h2-5H,9H2,1H3. The first kappa shape index (κ1) is 7.02. The van der Waals surface area contributed by atoms with E-state index < -0.39 is 0 Å². The lowest BCUT2D eigenvalue weighted by molar-refractivity contribution is 0.443. The molecule has 0 unspecified atom stereocenters. The van der Waals surface area contributed by atoms with Crippen LogP contribution in [0.4, 0.5) is 10.2 Å². The highest BCUT2D eigenvalue weighted by molar-refractivity contribution is 5.49.